The predicted octanol–water partition coefficient (Wildman–Crippen LogP) is 4.20. The Bertz CT molecular complexity index is 2050. The fourth-order valence-corrected chi connectivity index (χ4v) is 6.48. The largest absolute Gasteiger partial charge is 1.00 e. The van der Waals surface area contributed by atoms with E-state index in [2.05, 4.69) is 151 Å². The van der Waals surface area contributed by atoms with Crippen LogP contribution in [0.3, 0.4) is 0 Å². The van der Waals surface area contributed by atoms with Crippen LogP contribution in [0, 0.1) is 0 Å². The molecule has 1 aliphatic heterocycles. The van der Waals surface area contributed by atoms with Gasteiger partial charge >= 0.3 is 0 Å². The van der Waals surface area contributed by atoms with Crippen LogP contribution in [-0.2, 0) is 6.54 Å². The third-order valence-corrected chi connectivity index (χ3v) is 8.34. The monoisotopic (exact) mass is 555 g/mol. The lowest BCUT2D eigenvalue weighted by atomic mass is 9.97. The molecule has 7 rings (SSSR count). The van der Waals surface area contributed by atoms with Gasteiger partial charge in [0.2, 0.25) is 11.0 Å². The molecule has 0 aliphatic carbocycles. The Morgan fingerprint density at radius 2 is 1.49 bits per heavy atom. The van der Waals surface area contributed by atoms with Crippen molar-refractivity contribution in [3.05, 3.63) is 119 Å². The lowest BCUT2D eigenvalue weighted by Crippen LogP contribution is -3.00. The number of aromatic nitrogens is 1. The molecule has 0 amide bonds. The standard InChI is InChI=1S/C37H34N3.ClH/c1-5-39-34-13-9-7-11-29(34)32-22-25(15-20-36(32)39)21-26-23-31(27-16-18-28(19-17-27)38(3)4)37-33(24-26)30-12-8-10-14-35(30)40(37)6-2;/h7-24H,5-6H2,1-4H3;1H/q+1;/p-1. The fraction of sp³-hybridized carbons (Fsp3) is 0.162. The third kappa shape index (κ3) is 4.32. The number of anilines is 1. The van der Waals surface area contributed by atoms with Crippen LogP contribution in [0.15, 0.2) is 103 Å². The average molecular weight is 556 g/mol. The van der Waals surface area contributed by atoms with E-state index < -0.39 is 0 Å². The molecule has 6 aromatic rings. The van der Waals surface area contributed by atoms with Gasteiger partial charge in [0.25, 0.3) is 0 Å². The van der Waals surface area contributed by atoms with Gasteiger partial charge in [0.05, 0.1) is 16.6 Å². The van der Waals surface area contributed by atoms with Crippen LogP contribution in [0.1, 0.15) is 19.4 Å². The lowest BCUT2D eigenvalue weighted by molar-refractivity contribution is -0.00000783. The van der Waals surface area contributed by atoms with E-state index in [0.29, 0.717) is 0 Å². The van der Waals surface area contributed by atoms with Crippen molar-refractivity contribution in [3.63, 3.8) is 0 Å². The highest BCUT2D eigenvalue weighted by Crippen LogP contribution is 2.38. The molecule has 1 aliphatic rings. The first-order valence-electron chi connectivity index (χ1n) is 14.3. The smallest absolute Gasteiger partial charge is 0.213 e. The molecule has 0 atom stereocenters. The van der Waals surface area contributed by atoms with Crippen LogP contribution in [0.5, 0.6) is 0 Å². The highest BCUT2D eigenvalue weighted by atomic mass is 35.5. The van der Waals surface area contributed by atoms with Gasteiger partial charge in [-0.2, -0.15) is 4.58 Å². The third-order valence-electron chi connectivity index (χ3n) is 8.34. The second-order valence-electron chi connectivity index (χ2n) is 10.8. The zero-order valence-corrected chi connectivity index (χ0v) is 24.8. The number of aryl methyl sites for hydroxylation is 1. The van der Waals surface area contributed by atoms with Gasteiger partial charge in [-0.15, -0.1) is 0 Å². The van der Waals surface area contributed by atoms with Crippen LogP contribution >= 0.6 is 0 Å². The van der Waals surface area contributed by atoms with E-state index in [1.165, 1.54) is 71.6 Å². The Labute approximate surface area is 247 Å². The maximum atomic E-state index is 2.47. The van der Waals surface area contributed by atoms with Gasteiger partial charge in [-0.25, -0.2) is 0 Å². The van der Waals surface area contributed by atoms with E-state index in [4.69, 9.17) is 0 Å². The van der Waals surface area contributed by atoms with Gasteiger partial charge in [-0.3, -0.25) is 0 Å². The minimum atomic E-state index is 0. The summed E-state index contributed by atoms with van der Waals surface area (Å²) >= 11 is 0. The van der Waals surface area contributed by atoms with Gasteiger partial charge in [0, 0.05) is 60.3 Å². The number of nitrogens with zero attached hydrogens (tertiary/aromatic N) is 3. The zero-order valence-electron chi connectivity index (χ0n) is 24.0. The van der Waals surface area contributed by atoms with Crippen molar-refractivity contribution in [1.82, 2.24) is 9.14 Å². The Morgan fingerprint density at radius 3 is 2.24 bits per heavy atom. The molecule has 0 fully saturated rings. The summed E-state index contributed by atoms with van der Waals surface area (Å²) in [6.07, 6.45) is 2.34. The molecule has 5 aromatic carbocycles. The van der Waals surface area contributed by atoms with Gasteiger partial charge in [-0.05, 0) is 84.8 Å². The molecule has 41 heavy (non-hydrogen) atoms. The highest BCUT2D eigenvalue weighted by molar-refractivity contribution is 6.13. The molecule has 0 unspecified atom stereocenters. The van der Waals surface area contributed by atoms with E-state index in [1.807, 2.05) is 0 Å². The molecular formula is C37H34ClN3. The van der Waals surface area contributed by atoms with E-state index in [9.17, 15) is 0 Å². The molecule has 204 valence electrons. The van der Waals surface area contributed by atoms with Crippen molar-refractivity contribution >= 4 is 39.3 Å². The summed E-state index contributed by atoms with van der Waals surface area (Å²) < 4.78 is 4.88. The van der Waals surface area contributed by atoms with Crippen molar-refractivity contribution in [2.45, 2.75) is 20.4 Å². The van der Waals surface area contributed by atoms with E-state index in [1.54, 1.807) is 0 Å². The van der Waals surface area contributed by atoms with Crippen molar-refractivity contribution < 1.29 is 12.4 Å². The number of hydrogen-bond donors (Lipinski definition) is 0. The summed E-state index contributed by atoms with van der Waals surface area (Å²) in [5.74, 6) is 0. The van der Waals surface area contributed by atoms with Crippen molar-refractivity contribution in [2.24, 2.45) is 0 Å². The van der Waals surface area contributed by atoms with Crippen LogP contribution in [0.4, 0.5) is 11.4 Å². The summed E-state index contributed by atoms with van der Waals surface area (Å²) in [6, 6.07) is 38.2. The number of rotatable bonds is 5. The molecule has 0 bridgehead atoms. The Balaban J connectivity index is 0.00000302. The number of halogens is 1. The zero-order chi connectivity index (χ0) is 27.4. The maximum Gasteiger partial charge on any atom is 0.213 e. The fourth-order valence-electron chi connectivity index (χ4n) is 6.48. The van der Waals surface area contributed by atoms with Crippen LogP contribution in [0.2, 0.25) is 0 Å². The van der Waals surface area contributed by atoms with Gasteiger partial charge < -0.3 is 21.9 Å². The molecule has 0 spiro atoms. The molecular weight excluding hydrogens is 522 g/mol. The summed E-state index contributed by atoms with van der Waals surface area (Å²) in [5, 5.41) is 5.13. The Kier molecular flexibility index (Phi) is 6.93. The molecule has 4 heteroatoms. The molecule has 3 nitrogen and oxygen atoms in total. The maximum absolute atomic E-state index is 2.47. The number of para-hydroxylation sites is 2. The summed E-state index contributed by atoms with van der Waals surface area (Å²) in [4.78, 5) is 2.15. The summed E-state index contributed by atoms with van der Waals surface area (Å²) in [6.45, 7) is 6.35. The van der Waals surface area contributed by atoms with Gasteiger partial charge in [-0.1, -0.05) is 42.5 Å². The van der Waals surface area contributed by atoms with Crippen molar-refractivity contribution in [1.29, 1.82) is 0 Å². The quantitative estimate of drug-likeness (QED) is 0.290. The van der Waals surface area contributed by atoms with Crippen molar-refractivity contribution in [2.75, 3.05) is 25.5 Å². The van der Waals surface area contributed by atoms with Gasteiger partial charge in [0.15, 0.2) is 0 Å². The lowest BCUT2D eigenvalue weighted by Gasteiger charge is -2.14. The number of fused-ring (bicyclic) bond motifs is 6. The first-order valence-corrected chi connectivity index (χ1v) is 14.3. The Hall–Kier alpha value is -4.34. The topological polar surface area (TPSA) is 11.2 Å². The average Bonchev–Trinajstić information content (AvgIpc) is 3.48. The minimum Gasteiger partial charge on any atom is -1.00 e. The second kappa shape index (κ2) is 10.6. The molecule has 1 aromatic heterocycles. The molecule has 0 saturated carbocycles. The summed E-state index contributed by atoms with van der Waals surface area (Å²) in [5.41, 5.74) is 11.5. The van der Waals surface area contributed by atoms with Gasteiger partial charge in [0.1, 0.15) is 6.54 Å². The van der Waals surface area contributed by atoms with E-state index in [0.717, 1.165) is 13.1 Å². The molecule has 0 radical (unpaired) electrons. The molecule has 2 heterocycles. The van der Waals surface area contributed by atoms with Crippen LogP contribution < -0.4 is 32.5 Å². The van der Waals surface area contributed by atoms with E-state index in [-0.39, 0.29) is 12.4 Å². The number of hydrogen-bond acceptors (Lipinski definition) is 1. The predicted molar refractivity (Wildman–Crippen MR) is 171 cm³/mol. The number of benzene rings is 5. The molecule has 0 N–H and O–H groups in total. The second-order valence-corrected chi connectivity index (χ2v) is 10.8. The van der Waals surface area contributed by atoms with Crippen LogP contribution in [-0.4, -0.2) is 25.2 Å². The normalized spacial score (nSPS) is 12.5. The molecule has 0 saturated heterocycles. The minimum absolute atomic E-state index is 0. The Morgan fingerprint density at radius 1 is 0.732 bits per heavy atom. The summed E-state index contributed by atoms with van der Waals surface area (Å²) in [7, 11) is 4.18. The first kappa shape index (κ1) is 26.9. The van der Waals surface area contributed by atoms with Crippen LogP contribution in [0.25, 0.3) is 50.1 Å². The SMILES string of the molecule is CCn1c2ccccc2c2cc(C=c3ccc4c(c3)-c3ccccc3[N+]=4CC)cc(-c3ccc(N(C)C)cc3)c21.[Cl-]. The highest BCUT2D eigenvalue weighted by Gasteiger charge is 2.25. The van der Waals surface area contributed by atoms with E-state index >= 15 is 0 Å². The van der Waals surface area contributed by atoms with Crippen molar-refractivity contribution in [3.8, 4) is 22.3 Å². The first-order chi connectivity index (χ1) is 19.6.